The number of amides is 1. The Morgan fingerprint density at radius 3 is 2.70 bits per heavy atom. The number of carbonyl (C=O) groups is 2. The third-order valence-electron chi connectivity index (χ3n) is 5.09. The second kappa shape index (κ2) is 9.02. The molecule has 1 aliphatic heterocycles. The number of pyridine rings is 1. The number of phenols is 1. The lowest BCUT2D eigenvalue weighted by molar-refractivity contribution is -0.119. The standard InChI is InChI=1S/C22H26N2O6/c1-4-15-8-14-9-21(30-7-6-23-13(3)25)20(27)10-16(14)18-11-19(26)17(12-24(15)18)22(28)29-5-2/h9-12,15,27H,4-8H2,1-3H3,(H,23,25). The summed E-state index contributed by atoms with van der Waals surface area (Å²) in [4.78, 5) is 35.7. The second-order valence-corrected chi connectivity index (χ2v) is 7.14. The average Bonchev–Trinajstić information content (AvgIpc) is 2.70. The summed E-state index contributed by atoms with van der Waals surface area (Å²) in [5.74, 6) is -0.514. The lowest BCUT2D eigenvalue weighted by Gasteiger charge is -2.30. The number of hydrogen-bond acceptors (Lipinski definition) is 6. The molecule has 2 aromatic rings. The van der Waals surface area contributed by atoms with E-state index in [4.69, 9.17) is 9.47 Å². The van der Waals surface area contributed by atoms with E-state index in [-0.39, 0.29) is 36.5 Å². The number of nitrogens with zero attached hydrogens (tertiary/aromatic N) is 1. The van der Waals surface area contributed by atoms with Gasteiger partial charge in [-0.25, -0.2) is 4.79 Å². The molecule has 1 aromatic heterocycles. The Morgan fingerprint density at radius 1 is 1.27 bits per heavy atom. The van der Waals surface area contributed by atoms with Crippen LogP contribution in [0.5, 0.6) is 11.5 Å². The van der Waals surface area contributed by atoms with Gasteiger partial charge in [0.25, 0.3) is 0 Å². The highest BCUT2D eigenvalue weighted by molar-refractivity contribution is 5.89. The highest BCUT2D eigenvalue weighted by Crippen LogP contribution is 2.41. The SMILES string of the molecule is CCOC(=O)c1cn2c(cc1=O)-c1cc(O)c(OCCNC(C)=O)cc1CC2CC. The van der Waals surface area contributed by atoms with Crippen molar-refractivity contribution in [1.29, 1.82) is 0 Å². The van der Waals surface area contributed by atoms with E-state index in [0.29, 0.717) is 24.4 Å². The van der Waals surface area contributed by atoms with Gasteiger partial charge >= 0.3 is 5.97 Å². The molecule has 0 aliphatic carbocycles. The highest BCUT2D eigenvalue weighted by Gasteiger charge is 2.27. The largest absolute Gasteiger partial charge is 0.504 e. The molecule has 2 heterocycles. The number of aromatic hydroxyl groups is 1. The maximum Gasteiger partial charge on any atom is 0.343 e. The molecule has 8 nitrogen and oxygen atoms in total. The van der Waals surface area contributed by atoms with Crippen LogP contribution in [0.15, 0.2) is 29.2 Å². The minimum absolute atomic E-state index is 0.00430. The van der Waals surface area contributed by atoms with Crippen LogP contribution in [0, 0.1) is 0 Å². The smallest absolute Gasteiger partial charge is 0.343 e. The summed E-state index contributed by atoms with van der Waals surface area (Å²) in [6.45, 7) is 5.90. The van der Waals surface area contributed by atoms with Crippen LogP contribution in [-0.2, 0) is 16.0 Å². The summed E-state index contributed by atoms with van der Waals surface area (Å²) in [5.41, 5.74) is 1.89. The first-order valence-corrected chi connectivity index (χ1v) is 10.0. The predicted octanol–water partition coefficient (Wildman–Crippen LogP) is 2.42. The maximum atomic E-state index is 12.6. The topological polar surface area (TPSA) is 107 Å². The zero-order valence-corrected chi connectivity index (χ0v) is 17.4. The Bertz CT molecular complexity index is 1030. The fraction of sp³-hybridized carbons (Fsp3) is 0.409. The van der Waals surface area contributed by atoms with E-state index in [1.807, 2.05) is 11.5 Å². The Labute approximate surface area is 174 Å². The molecule has 8 heteroatoms. The molecule has 0 bridgehead atoms. The Morgan fingerprint density at radius 2 is 2.03 bits per heavy atom. The molecule has 30 heavy (non-hydrogen) atoms. The van der Waals surface area contributed by atoms with Crippen LogP contribution in [0.25, 0.3) is 11.3 Å². The summed E-state index contributed by atoms with van der Waals surface area (Å²) in [6.07, 6.45) is 3.01. The van der Waals surface area contributed by atoms with Crippen molar-refractivity contribution in [2.24, 2.45) is 0 Å². The highest BCUT2D eigenvalue weighted by atomic mass is 16.5. The zero-order chi connectivity index (χ0) is 21.8. The van der Waals surface area contributed by atoms with E-state index < -0.39 is 11.4 Å². The number of hydrogen-bond donors (Lipinski definition) is 2. The number of esters is 1. The van der Waals surface area contributed by atoms with Crippen molar-refractivity contribution < 1.29 is 24.2 Å². The zero-order valence-electron chi connectivity index (χ0n) is 17.4. The van der Waals surface area contributed by atoms with Gasteiger partial charge in [-0.05, 0) is 37.5 Å². The van der Waals surface area contributed by atoms with Crippen molar-refractivity contribution in [2.75, 3.05) is 19.8 Å². The minimum atomic E-state index is -0.635. The van der Waals surface area contributed by atoms with Crippen molar-refractivity contribution >= 4 is 11.9 Å². The summed E-state index contributed by atoms with van der Waals surface area (Å²) >= 11 is 0. The van der Waals surface area contributed by atoms with Gasteiger partial charge < -0.3 is 24.5 Å². The molecule has 1 aliphatic rings. The molecule has 1 unspecified atom stereocenters. The van der Waals surface area contributed by atoms with E-state index in [1.165, 1.54) is 13.0 Å². The van der Waals surface area contributed by atoms with E-state index in [0.717, 1.165) is 17.5 Å². The molecular formula is C22H26N2O6. The van der Waals surface area contributed by atoms with Gasteiger partial charge in [-0.2, -0.15) is 0 Å². The van der Waals surface area contributed by atoms with Crippen LogP contribution in [-0.4, -0.2) is 41.3 Å². The van der Waals surface area contributed by atoms with Gasteiger partial charge in [-0.3, -0.25) is 9.59 Å². The van der Waals surface area contributed by atoms with Crippen molar-refractivity contribution in [3.05, 3.63) is 45.7 Å². The third kappa shape index (κ3) is 4.32. The lowest BCUT2D eigenvalue weighted by atomic mass is 9.90. The summed E-state index contributed by atoms with van der Waals surface area (Å²) in [6, 6.07) is 4.81. The van der Waals surface area contributed by atoms with Crippen molar-refractivity contribution in [2.45, 2.75) is 39.7 Å². The first kappa shape index (κ1) is 21.4. The second-order valence-electron chi connectivity index (χ2n) is 7.14. The van der Waals surface area contributed by atoms with Crippen molar-refractivity contribution in [3.8, 4) is 22.8 Å². The van der Waals surface area contributed by atoms with Crippen LogP contribution >= 0.6 is 0 Å². The number of rotatable bonds is 7. The molecule has 1 atom stereocenters. The lowest BCUT2D eigenvalue weighted by Crippen LogP contribution is -2.26. The fourth-order valence-corrected chi connectivity index (χ4v) is 3.64. The molecule has 0 saturated heterocycles. The molecule has 1 amide bonds. The van der Waals surface area contributed by atoms with E-state index in [1.54, 1.807) is 25.3 Å². The maximum absolute atomic E-state index is 12.6. The van der Waals surface area contributed by atoms with Gasteiger partial charge in [0.05, 0.1) is 18.8 Å². The molecule has 3 rings (SSSR count). The summed E-state index contributed by atoms with van der Waals surface area (Å²) < 4.78 is 12.5. The van der Waals surface area contributed by atoms with Crippen LogP contribution in [0.1, 0.15) is 49.2 Å². The number of benzene rings is 1. The molecule has 0 saturated carbocycles. The van der Waals surface area contributed by atoms with Gasteiger partial charge in [0, 0.05) is 30.8 Å². The average molecular weight is 414 g/mol. The van der Waals surface area contributed by atoms with Gasteiger partial charge in [-0.15, -0.1) is 0 Å². The summed E-state index contributed by atoms with van der Waals surface area (Å²) in [5, 5.41) is 13.1. The first-order valence-electron chi connectivity index (χ1n) is 10.0. The van der Waals surface area contributed by atoms with Crippen molar-refractivity contribution in [3.63, 3.8) is 0 Å². The monoisotopic (exact) mass is 414 g/mol. The molecule has 160 valence electrons. The number of fused-ring (bicyclic) bond motifs is 3. The minimum Gasteiger partial charge on any atom is -0.504 e. The number of carbonyl (C=O) groups excluding carboxylic acids is 2. The first-order chi connectivity index (χ1) is 14.3. The predicted molar refractivity (Wildman–Crippen MR) is 111 cm³/mol. The van der Waals surface area contributed by atoms with E-state index in [2.05, 4.69) is 5.32 Å². The normalized spacial score (nSPS) is 14.4. The number of aromatic nitrogens is 1. The third-order valence-corrected chi connectivity index (χ3v) is 5.09. The molecule has 2 N–H and O–H groups in total. The summed E-state index contributed by atoms with van der Waals surface area (Å²) in [7, 11) is 0. The fourth-order valence-electron chi connectivity index (χ4n) is 3.64. The van der Waals surface area contributed by atoms with Crippen LogP contribution in [0.2, 0.25) is 0 Å². The molecule has 0 radical (unpaired) electrons. The molecule has 1 aromatic carbocycles. The molecular weight excluding hydrogens is 388 g/mol. The van der Waals surface area contributed by atoms with Gasteiger partial charge in [0.15, 0.2) is 16.9 Å². The van der Waals surface area contributed by atoms with Gasteiger partial charge in [-0.1, -0.05) is 6.92 Å². The Balaban J connectivity index is 1.98. The van der Waals surface area contributed by atoms with Gasteiger partial charge in [0.2, 0.25) is 5.91 Å². The number of nitrogens with one attached hydrogen (secondary N) is 1. The Hall–Kier alpha value is -3.29. The van der Waals surface area contributed by atoms with Crippen molar-refractivity contribution in [1.82, 2.24) is 9.88 Å². The van der Waals surface area contributed by atoms with Crippen LogP contribution in [0.4, 0.5) is 0 Å². The molecule has 0 spiro atoms. The number of phenolic OH excluding ortho intramolecular Hbond substituents is 1. The quantitative estimate of drug-likeness (QED) is 0.532. The Kier molecular flexibility index (Phi) is 6.44. The van der Waals surface area contributed by atoms with E-state index >= 15 is 0 Å². The number of ether oxygens (including phenoxy) is 2. The van der Waals surface area contributed by atoms with Crippen LogP contribution in [0.3, 0.4) is 0 Å². The van der Waals surface area contributed by atoms with Gasteiger partial charge in [0.1, 0.15) is 12.2 Å². The van der Waals surface area contributed by atoms with E-state index in [9.17, 15) is 19.5 Å². The molecule has 0 fully saturated rings. The van der Waals surface area contributed by atoms with Crippen LogP contribution < -0.4 is 15.5 Å².